The zero-order chi connectivity index (χ0) is 21.5. The predicted octanol–water partition coefficient (Wildman–Crippen LogP) is 5.69. The Morgan fingerprint density at radius 3 is 2.24 bits per heavy atom. The highest BCUT2D eigenvalue weighted by Gasteiger charge is 2.55. The number of aryl methyl sites for hydroxylation is 2. The summed E-state index contributed by atoms with van der Waals surface area (Å²) in [6, 6.07) is 3.77. The number of allylic oxidation sites excluding steroid dienone is 2. The first-order valence-electron chi connectivity index (χ1n) is 9.00. The number of aromatic nitrogens is 1. The number of halogens is 6. The quantitative estimate of drug-likeness (QED) is 0.422. The third-order valence-electron chi connectivity index (χ3n) is 5.50. The van der Waals surface area contributed by atoms with Gasteiger partial charge in [-0.2, -0.15) is 13.2 Å². The van der Waals surface area contributed by atoms with Crippen molar-refractivity contribution in [3.63, 3.8) is 0 Å². The average Bonchev–Trinajstić information content (AvgIpc) is 3.05. The van der Waals surface area contributed by atoms with Gasteiger partial charge < -0.3 is 17.6 Å². The Balaban J connectivity index is 2.11. The van der Waals surface area contributed by atoms with E-state index < -0.39 is 24.5 Å². The number of nitrogens with zero attached hydrogens (tertiary/aromatic N) is 2. The highest BCUT2D eigenvalue weighted by atomic mass is 19.4. The van der Waals surface area contributed by atoms with E-state index in [4.69, 9.17) is 0 Å². The van der Waals surface area contributed by atoms with Gasteiger partial charge in [0.25, 0.3) is 0 Å². The molecule has 0 atom stereocenters. The smallest absolute Gasteiger partial charge is 0.393 e. The van der Waals surface area contributed by atoms with Crippen LogP contribution in [-0.2, 0) is 6.18 Å². The van der Waals surface area contributed by atoms with Gasteiger partial charge in [0.2, 0.25) is 0 Å². The lowest BCUT2D eigenvalue weighted by molar-refractivity contribution is -0.363. The van der Waals surface area contributed by atoms with Crippen molar-refractivity contribution in [2.45, 2.75) is 33.9 Å². The Hall–Kier alpha value is -2.71. The van der Waals surface area contributed by atoms with Gasteiger partial charge in [-0.3, -0.25) is 0 Å². The van der Waals surface area contributed by atoms with Crippen LogP contribution in [0.5, 0.6) is 0 Å². The second kappa shape index (κ2) is 5.90. The summed E-state index contributed by atoms with van der Waals surface area (Å²) in [5, 5.41) is 0. The molecule has 1 aromatic carbocycles. The van der Waals surface area contributed by atoms with Crippen molar-refractivity contribution in [2.75, 3.05) is 0 Å². The molecule has 0 spiro atoms. The lowest BCUT2D eigenvalue weighted by Crippen LogP contribution is -2.51. The second-order valence-electron chi connectivity index (χ2n) is 7.53. The van der Waals surface area contributed by atoms with Crippen molar-refractivity contribution < 1.29 is 30.7 Å². The summed E-state index contributed by atoms with van der Waals surface area (Å²) in [5.74, 6) is -1.11. The lowest BCUT2D eigenvalue weighted by Gasteiger charge is -2.34. The maximum absolute atomic E-state index is 15.5. The van der Waals surface area contributed by atoms with Crippen molar-refractivity contribution in [3.8, 4) is 0 Å². The number of hydrogen-bond acceptors (Lipinski definition) is 0. The van der Waals surface area contributed by atoms with Gasteiger partial charge in [-0.05, 0) is 50.2 Å². The van der Waals surface area contributed by atoms with Crippen molar-refractivity contribution in [1.82, 2.24) is 4.48 Å². The summed E-state index contributed by atoms with van der Waals surface area (Å²) in [6.07, 6.45) is -3.13. The van der Waals surface area contributed by atoms with Gasteiger partial charge in [-0.25, -0.2) is 4.39 Å². The van der Waals surface area contributed by atoms with E-state index in [-0.39, 0.29) is 22.5 Å². The molecule has 152 valence electrons. The zero-order valence-electron chi connectivity index (χ0n) is 16.1. The van der Waals surface area contributed by atoms with Crippen LogP contribution in [0.3, 0.4) is 0 Å². The molecule has 3 heterocycles. The highest BCUT2D eigenvalue weighted by molar-refractivity contribution is 6.58. The van der Waals surface area contributed by atoms with Crippen LogP contribution in [0.1, 0.15) is 41.9 Å². The molecular formula is C20H17BF6N2. The van der Waals surface area contributed by atoms with Crippen molar-refractivity contribution in [2.24, 2.45) is 0 Å². The minimum Gasteiger partial charge on any atom is -0.393 e. The first kappa shape index (κ1) is 19.6. The molecule has 0 radical (unpaired) electrons. The molecule has 2 aromatic rings. The van der Waals surface area contributed by atoms with Gasteiger partial charge in [0, 0.05) is 29.8 Å². The molecule has 0 saturated heterocycles. The molecule has 0 N–H and O–H groups in total. The van der Waals surface area contributed by atoms with Gasteiger partial charge in [-0.15, -0.1) is 0 Å². The summed E-state index contributed by atoms with van der Waals surface area (Å²) in [6.45, 7) is 2.10. The summed E-state index contributed by atoms with van der Waals surface area (Å²) >= 11 is 0. The van der Waals surface area contributed by atoms with Gasteiger partial charge in [0.05, 0.1) is 11.1 Å². The molecule has 0 bridgehead atoms. The zero-order valence-corrected chi connectivity index (χ0v) is 16.1. The number of benzene rings is 1. The molecule has 0 aliphatic carbocycles. The molecule has 2 nitrogen and oxygen atoms in total. The maximum atomic E-state index is 15.5. The van der Waals surface area contributed by atoms with Crippen LogP contribution in [-0.4, -0.2) is 21.6 Å². The van der Waals surface area contributed by atoms with Crippen LogP contribution in [0.15, 0.2) is 41.6 Å². The van der Waals surface area contributed by atoms with Gasteiger partial charge in [-0.1, -0.05) is 6.07 Å². The van der Waals surface area contributed by atoms with E-state index in [9.17, 15) is 17.6 Å². The number of alkyl halides is 3. The molecule has 9 heteroatoms. The highest BCUT2D eigenvalue weighted by Crippen LogP contribution is 2.45. The van der Waals surface area contributed by atoms with Gasteiger partial charge in [0.1, 0.15) is 11.5 Å². The van der Waals surface area contributed by atoms with E-state index in [1.165, 1.54) is 13.8 Å². The van der Waals surface area contributed by atoms with Crippen LogP contribution >= 0.6 is 0 Å². The largest absolute Gasteiger partial charge is 0.737 e. The predicted molar refractivity (Wildman–Crippen MR) is 99.4 cm³/mol. The summed E-state index contributed by atoms with van der Waals surface area (Å²) in [5.41, 5.74) is 0.739. The van der Waals surface area contributed by atoms with Crippen molar-refractivity contribution in [1.29, 1.82) is 0 Å². The molecule has 0 saturated carbocycles. The first-order valence-corrected chi connectivity index (χ1v) is 9.00. The fourth-order valence-corrected chi connectivity index (χ4v) is 4.45. The van der Waals surface area contributed by atoms with Crippen LogP contribution < -0.4 is 0 Å². The fourth-order valence-electron chi connectivity index (χ4n) is 4.45. The SMILES string of the molecule is CC1=CC(C)=[N+]2C1=C(c1ccc(C(F)(F)F)cc1F)c1c(C)cc(C)n1[B-]2(F)F. The molecule has 0 amide bonds. The van der Waals surface area contributed by atoms with E-state index in [2.05, 4.69) is 0 Å². The maximum Gasteiger partial charge on any atom is 0.737 e. The molecule has 0 unspecified atom stereocenters. The number of hydrogen-bond donors (Lipinski definition) is 0. The monoisotopic (exact) mass is 410 g/mol. The average molecular weight is 410 g/mol. The summed E-state index contributed by atoms with van der Waals surface area (Å²) in [4.78, 5) is 0. The summed E-state index contributed by atoms with van der Waals surface area (Å²) < 4.78 is 86.5. The Labute approximate surface area is 163 Å². The third-order valence-corrected chi connectivity index (χ3v) is 5.50. The number of rotatable bonds is 1. The van der Waals surface area contributed by atoms with E-state index in [0.29, 0.717) is 28.6 Å². The molecule has 2 aliphatic rings. The van der Waals surface area contributed by atoms with Crippen LogP contribution in [0.2, 0.25) is 0 Å². The minimum absolute atomic E-state index is 0.125. The second-order valence-corrected chi connectivity index (χ2v) is 7.53. The Kier molecular flexibility index (Phi) is 3.99. The van der Waals surface area contributed by atoms with Gasteiger partial charge in [0.15, 0.2) is 5.70 Å². The third kappa shape index (κ3) is 2.63. The van der Waals surface area contributed by atoms with Crippen LogP contribution in [0.4, 0.5) is 26.2 Å². The van der Waals surface area contributed by atoms with Crippen LogP contribution in [0, 0.1) is 19.7 Å². The van der Waals surface area contributed by atoms with Crippen LogP contribution in [0.25, 0.3) is 5.57 Å². The molecule has 0 fully saturated rings. The van der Waals surface area contributed by atoms with E-state index in [0.717, 1.165) is 21.1 Å². The Morgan fingerprint density at radius 2 is 1.66 bits per heavy atom. The fraction of sp³-hybridized carbons (Fsp3) is 0.250. The molecule has 29 heavy (non-hydrogen) atoms. The first-order chi connectivity index (χ1) is 13.4. The minimum atomic E-state index is -4.70. The molecule has 1 aromatic heterocycles. The normalized spacial score (nSPS) is 18.2. The molecule has 2 aliphatic heterocycles. The standard InChI is InChI=1S/C20H17BF6N2/c1-10-7-12(3)28-18(10)17(15-6-5-14(9-16(15)22)20(23,24)25)19-11(2)8-13(4)29(19)21(28,26)27/h5-9H,1-4H3. The lowest BCUT2D eigenvalue weighted by atomic mass is 9.83. The van der Waals surface area contributed by atoms with E-state index >= 15 is 8.63 Å². The van der Waals surface area contributed by atoms with Crippen molar-refractivity contribution in [3.05, 3.63) is 75.5 Å². The number of fused-ring (bicyclic) bond motifs is 2. The Bertz CT molecular complexity index is 1160. The topological polar surface area (TPSA) is 7.94 Å². The summed E-state index contributed by atoms with van der Waals surface area (Å²) in [7, 11) is 0. The molecular weight excluding hydrogens is 393 g/mol. The van der Waals surface area contributed by atoms with E-state index in [1.807, 2.05) is 0 Å². The molecule has 4 rings (SSSR count). The van der Waals surface area contributed by atoms with E-state index in [1.54, 1.807) is 26.0 Å². The van der Waals surface area contributed by atoms with Gasteiger partial charge >= 0.3 is 13.1 Å². The van der Waals surface area contributed by atoms with Crippen molar-refractivity contribution >= 4 is 18.3 Å². The Morgan fingerprint density at radius 1 is 1.00 bits per heavy atom.